The zero-order chi connectivity index (χ0) is 24.4. The fraction of sp³-hybridized carbons (Fsp3) is 0.214. The Hall–Kier alpha value is -3.73. The van der Waals surface area contributed by atoms with Crippen LogP contribution in [0.3, 0.4) is 0 Å². The Labute approximate surface area is 204 Å². The molecule has 1 aromatic heterocycles. The van der Waals surface area contributed by atoms with Crippen molar-refractivity contribution in [3.05, 3.63) is 90.0 Å². The molecule has 0 N–H and O–H groups in total. The summed E-state index contributed by atoms with van der Waals surface area (Å²) < 4.78 is 33.5. The summed E-state index contributed by atoms with van der Waals surface area (Å²) in [7, 11) is -3.90. The lowest BCUT2D eigenvalue weighted by atomic mass is 9.99. The second-order valence-corrected chi connectivity index (χ2v) is 10.6. The van der Waals surface area contributed by atoms with Gasteiger partial charge in [-0.2, -0.15) is 9.57 Å². The number of ketones is 1. The number of carbonyl (C=O) groups is 1. The number of rotatable bonds is 7. The van der Waals surface area contributed by atoms with Crippen LogP contribution in [0.1, 0.15) is 30.4 Å². The molecule has 0 unspecified atom stereocenters. The lowest BCUT2D eigenvalue weighted by Crippen LogP contribution is -2.40. The van der Waals surface area contributed by atoms with E-state index in [2.05, 4.69) is 6.07 Å². The molecule has 3 aromatic carbocycles. The quantitative estimate of drug-likeness (QED) is 0.354. The van der Waals surface area contributed by atoms with E-state index in [0.717, 1.165) is 22.1 Å². The Bertz CT molecular complexity index is 1500. The number of nitrogens with zero attached hydrogens (tertiary/aromatic N) is 2. The minimum atomic E-state index is -3.90. The number of Topliss-reactive ketones (excluding diaryl/α,β-unsaturated/α-hetero) is 1. The van der Waals surface area contributed by atoms with Crippen molar-refractivity contribution in [1.82, 2.24) is 4.31 Å². The predicted octanol–water partition coefficient (Wildman–Crippen LogP) is 5.33. The second kappa shape index (κ2) is 9.49. The maximum atomic E-state index is 13.3. The summed E-state index contributed by atoms with van der Waals surface area (Å²) in [5.74, 6) is -0.0759. The summed E-state index contributed by atoms with van der Waals surface area (Å²) in [6, 6.07) is 25.5. The predicted molar refractivity (Wildman–Crippen MR) is 133 cm³/mol. The molecular formula is C28H24N2O4S. The molecule has 6 nitrogen and oxygen atoms in total. The molecule has 0 radical (unpaired) electrons. The highest BCUT2D eigenvalue weighted by Crippen LogP contribution is 2.31. The third kappa shape index (κ3) is 4.63. The minimum absolute atomic E-state index is 0.0759. The normalized spacial score (nSPS) is 16.4. The second-order valence-electron chi connectivity index (χ2n) is 8.73. The summed E-state index contributed by atoms with van der Waals surface area (Å²) in [4.78, 5) is 13.1. The van der Waals surface area contributed by atoms with Crippen LogP contribution >= 0.6 is 0 Å². The molecule has 1 fully saturated rings. The summed E-state index contributed by atoms with van der Waals surface area (Å²) in [6.45, 7) is 0.312. The van der Waals surface area contributed by atoms with Gasteiger partial charge in [-0.15, -0.1) is 0 Å². The molecule has 1 aliphatic heterocycles. The largest absolute Gasteiger partial charge is 0.443 e. The molecule has 7 heteroatoms. The van der Waals surface area contributed by atoms with Gasteiger partial charge < -0.3 is 4.42 Å². The van der Waals surface area contributed by atoms with Crippen molar-refractivity contribution in [2.24, 2.45) is 0 Å². The molecule has 1 saturated heterocycles. The first-order chi connectivity index (χ1) is 17.0. The van der Waals surface area contributed by atoms with E-state index in [1.165, 1.54) is 10.4 Å². The molecule has 5 rings (SSSR count). The van der Waals surface area contributed by atoms with Crippen molar-refractivity contribution >= 4 is 26.8 Å². The average molecular weight is 485 g/mol. The topological polar surface area (TPSA) is 91.4 Å². The van der Waals surface area contributed by atoms with Crippen molar-refractivity contribution in [1.29, 1.82) is 5.26 Å². The van der Waals surface area contributed by atoms with Crippen LogP contribution in [0.2, 0.25) is 0 Å². The van der Waals surface area contributed by atoms with Gasteiger partial charge >= 0.3 is 0 Å². The highest BCUT2D eigenvalue weighted by Gasteiger charge is 2.40. The van der Waals surface area contributed by atoms with Crippen molar-refractivity contribution in [2.75, 3.05) is 6.54 Å². The maximum Gasteiger partial charge on any atom is 0.277 e. The zero-order valence-electron chi connectivity index (χ0n) is 19.1. The monoisotopic (exact) mass is 484 g/mol. The summed E-state index contributed by atoms with van der Waals surface area (Å²) in [6.07, 6.45) is 1.96. The number of aryl methyl sites for hydroxylation is 1. The summed E-state index contributed by atoms with van der Waals surface area (Å²) in [5, 5.41) is 9.71. The molecule has 0 spiro atoms. The van der Waals surface area contributed by atoms with Gasteiger partial charge in [-0.05, 0) is 54.2 Å². The molecule has 176 valence electrons. The van der Waals surface area contributed by atoms with Crippen LogP contribution in [-0.2, 0) is 21.2 Å². The average Bonchev–Trinajstić information content (AvgIpc) is 3.56. The van der Waals surface area contributed by atoms with Crippen molar-refractivity contribution in [3.63, 3.8) is 0 Å². The zero-order valence-corrected chi connectivity index (χ0v) is 19.9. The van der Waals surface area contributed by atoms with Crippen molar-refractivity contribution in [3.8, 4) is 17.2 Å². The van der Waals surface area contributed by atoms with Crippen molar-refractivity contribution < 1.29 is 17.6 Å². The number of hydrogen-bond donors (Lipinski definition) is 0. The number of hydrogen-bond acceptors (Lipinski definition) is 5. The lowest BCUT2D eigenvalue weighted by Gasteiger charge is -2.21. The first-order valence-corrected chi connectivity index (χ1v) is 13.0. The van der Waals surface area contributed by atoms with Crippen LogP contribution in [0.5, 0.6) is 0 Å². The summed E-state index contributed by atoms with van der Waals surface area (Å²) in [5.41, 5.74) is 4.08. The molecule has 35 heavy (non-hydrogen) atoms. The van der Waals surface area contributed by atoms with Gasteiger partial charge in [-0.1, -0.05) is 54.6 Å². The molecule has 1 atom stereocenters. The van der Waals surface area contributed by atoms with E-state index >= 15 is 0 Å². The molecular weight excluding hydrogens is 460 g/mol. The van der Waals surface area contributed by atoms with E-state index in [0.29, 0.717) is 37.0 Å². The Morgan fingerprint density at radius 2 is 1.80 bits per heavy atom. The van der Waals surface area contributed by atoms with E-state index in [9.17, 15) is 13.2 Å². The van der Waals surface area contributed by atoms with Crippen LogP contribution in [0, 0.1) is 11.3 Å². The van der Waals surface area contributed by atoms with Gasteiger partial charge in [0.1, 0.15) is 5.58 Å². The smallest absolute Gasteiger partial charge is 0.277 e. The number of sulfonamides is 1. The van der Waals surface area contributed by atoms with Gasteiger partial charge in [-0.3, -0.25) is 4.79 Å². The maximum absolute atomic E-state index is 13.3. The van der Waals surface area contributed by atoms with Crippen LogP contribution in [0.25, 0.3) is 22.1 Å². The molecule has 4 aromatic rings. The molecule has 0 saturated carbocycles. The van der Waals surface area contributed by atoms with Gasteiger partial charge in [-0.25, -0.2) is 8.42 Å². The number of furan rings is 1. The van der Waals surface area contributed by atoms with Gasteiger partial charge in [0.15, 0.2) is 5.78 Å². The summed E-state index contributed by atoms with van der Waals surface area (Å²) >= 11 is 0. The number of benzene rings is 3. The van der Waals surface area contributed by atoms with Crippen LogP contribution in [-0.4, -0.2) is 31.1 Å². The molecule has 2 heterocycles. The Balaban J connectivity index is 1.26. The standard InChI is InChI=1S/C28H24N2O4S/c29-19-21-5-3-7-23(17-21)22-13-10-20(11-14-22)12-15-26(31)25-8-4-16-30(25)35(32,33)28-18-24-6-1-2-9-27(24)34-28/h1-3,5-7,9-11,13-14,17-18,25H,4,8,12,15-16H2/t25-/m0/s1. The van der Waals surface area contributed by atoms with Crippen LogP contribution in [0.4, 0.5) is 0 Å². The molecule has 1 aliphatic rings. The van der Waals surface area contributed by atoms with E-state index in [1.807, 2.05) is 48.5 Å². The Morgan fingerprint density at radius 3 is 2.57 bits per heavy atom. The fourth-order valence-corrected chi connectivity index (χ4v) is 6.25. The highest BCUT2D eigenvalue weighted by atomic mass is 32.2. The minimum Gasteiger partial charge on any atom is -0.443 e. The van der Waals surface area contributed by atoms with Gasteiger partial charge in [0, 0.05) is 24.4 Å². The third-order valence-corrected chi connectivity index (χ3v) is 8.24. The van der Waals surface area contributed by atoms with Gasteiger partial charge in [0.2, 0.25) is 5.09 Å². The number of para-hydroxylation sites is 1. The highest BCUT2D eigenvalue weighted by molar-refractivity contribution is 7.89. The Morgan fingerprint density at radius 1 is 1.00 bits per heavy atom. The number of fused-ring (bicyclic) bond motifs is 1. The first-order valence-electron chi connectivity index (χ1n) is 11.6. The van der Waals surface area contributed by atoms with E-state index < -0.39 is 16.1 Å². The SMILES string of the molecule is N#Cc1cccc(-c2ccc(CCC(=O)[C@@H]3CCCN3S(=O)(=O)c3cc4ccccc4o3)cc2)c1. The molecule has 0 amide bonds. The molecule has 0 bridgehead atoms. The third-order valence-electron chi connectivity index (χ3n) is 6.48. The van der Waals surface area contributed by atoms with Crippen LogP contribution in [0.15, 0.2) is 88.4 Å². The first kappa shape index (κ1) is 23.0. The number of carbonyl (C=O) groups excluding carboxylic acids is 1. The fourth-order valence-electron chi connectivity index (χ4n) is 4.62. The Kier molecular flexibility index (Phi) is 6.25. The lowest BCUT2D eigenvalue weighted by molar-refractivity contribution is -0.122. The van der Waals surface area contributed by atoms with E-state index in [4.69, 9.17) is 9.68 Å². The van der Waals surface area contributed by atoms with E-state index in [1.54, 1.807) is 24.3 Å². The van der Waals surface area contributed by atoms with Crippen molar-refractivity contribution in [2.45, 2.75) is 36.8 Å². The molecule has 0 aliphatic carbocycles. The van der Waals surface area contributed by atoms with Crippen LogP contribution < -0.4 is 0 Å². The van der Waals surface area contributed by atoms with Gasteiger partial charge in [0.25, 0.3) is 10.0 Å². The van der Waals surface area contributed by atoms with E-state index in [-0.39, 0.29) is 17.3 Å². The van der Waals surface area contributed by atoms with Gasteiger partial charge in [0.05, 0.1) is 17.7 Å². The number of nitriles is 1.